The van der Waals surface area contributed by atoms with Crippen LogP contribution in [0.2, 0.25) is 5.02 Å². The van der Waals surface area contributed by atoms with Crippen LogP contribution in [0.1, 0.15) is 38.9 Å². The molecule has 90 valence electrons. The summed E-state index contributed by atoms with van der Waals surface area (Å²) < 4.78 is 5.86. The monoisotopic (exact) mass is 241 g/mol. The Hall–Kier alpha value is -0.570. The summed E-state index contributed by atoms with van der Waals surface area (Å²) in [6, 6.07) is 7.71. The summed E-state index contributed by atoms with van der Waals surface area (Å²) in [5.41, 5.74) is 7.17. The Labute approximate surface area is 103 Å². The Morgan fingerprint density at radius 2 is 1.81 bits per heavy atom. The Kier molecular flexibility index (Phi) is 5.26. The maximum Gasteiger partial charge on any atom is 0.0979 e. The fraction of sp³-hybridized carbons (Fsp3) is 0.538. The molecular weight excluding hydrogens is 222 g/mol. The summed E-state index contributed by atoms with van der Waals surface area (Å²) >= 11 is 5.86. The summed E-state index contributed by atoms with van der Waals surface area (Å²) in [7, 11) is 0. The van der Waals surface area contributed by atoms with Gasteiger partial charge < -0.3 is 10.5 Å². The number of ether oxygens (including phenoxy) is 1. The second-order valence-corrected chi connectivity index (χ2v) is 4.67. The van der Waals surface area contributed by atoms with Crippen molar-refractivity contribution in [3.63, 3.8) is 0 Å². The summed E-state index contributed by atoms with van der Waals surface area (Å²) in [6.45, 7) is 6.11. The largest absolute Gasteiger partial charge is 0.369 e. The second kappa shape index (κ2) is 6.24. The van der Waals surface area contributed by atoms with Crippen LogP contribution < -0.4 is 5.73 Å². The minimum absolute atomic E-state index is 0.0172. The molecule has 16 heavy (non-hydrogen) atoms. The zero-order valence-corrected chi connectivity index (χ0v) is 10.9. The molecule has 0 spiro atoms. The Balaban J connectivity index is 2.87. The van der Waals surface area contributed by atoms with Gasteiger partial charge in [0.2, 0.25) is 0 Å². The lowest BCUT2D eigenvalue weighted by Gasteiger charge is -2.26. The van der Waals surface area contributed by atoms with Gasteiger partial charge in [-0.2, -0.15) is 0 Å². The molecule has 0 radical (unpaired) electrons. The van der Waals surface area contributed by atoms with Crippen molar-refractivity contribution in [3.05, 3.63) is 34.9 Å². The van der Waals surface area contributed by atoms with E-state index in [0.717, 1.165) is 17.0 Å². The average Bonchev–Trinajstić information content (AvgIpc) is 2.26. The van der Waals surface area contributed by atoms with Crippen LogP contribution in [0, 0.1) is 0 Å². The first-order valence-electron chi connectivity index (χ1n) is 5.71. The van der Waals surface area contributed by atoms with E-state index in [1.807, 2.05) is 38.1 Å². The first-order chi connectivity index (χ1) is 7.54. The number of halogens is 1. The number of benzene rings is 1. The molecule has 0 aliphatic rings. The van der Waals surface area contributed by atoms with Crippen molar-refractivity contribution in [3.8, 4) is 0 Å². The average molecular weight is 242 g/mol. The third kappa shape index (κ3) is 3.78. The molecule has 0 bridgehead atoms. The first kappa shape index (κ1) is 13.5. The van der Waals surface area contributed by atoms with E-state index in [-0.39, 0.29) is 18.2 Å². The van der Waals surface area contributed by atoms with Gasteiger partial charge in [-0.1, -0.05) is 30.7 Å². The molecule has 0 aromatic heterocycles. The van der Waals surface area contributed by atoms with E-state index in [4.69, 9.17) is 22.1 Å². The van der Waals surface area contributed by atoms with Gasteiger partial charge in [-0.15, -0.1) is 0 Å². The minimum Gasteiger partial charge on any atom is -0.369 e. The van der Waals surface area contributed by atoms with E-state index in [1.165, 1.54) is 0 Å². The van der Waals surface area contributed by atoms with Gasteiger partial charge in [0.1, 0.15) is 0 Å². The Morgan fingerprint density at radius 3 is 2.25 bits per heavy atom. The van der Waals surface area contributed by atoms with Gasteiger partial charge in [-0.3, -0.25) is 0 Å². The summed E-state index contributed by atoms with van der Waals surface area (Å²) in [4.78, 5) is 0. The van der Waals surface area contributed by atoms with E-state index < -0.39 is 0 Å². The van der Waals surface area contributed by atoms with E-state index >= 15 is 0 Å². The third-order valence-corrected chi connectivity index (χ3v) is 2.73. The Morgan fingerprint density at radius 1 is 1.25 bits per heavy atom. The van der Waals surface area contributed by atoms with Crippen LogP contribution in [0.15, 0.2) is 24.3 Å². The molecule has 0 fully saturated rings. The van der Waals surface area contributed by atoms with Gasteiger partial charge in [0, 0.05) is 11.1 Å². The molecule has 1 aromatic rings. The smallest absolute Gasteiger partial charge is 0.0979 e. The zero-order valence-electron chi connectivity index (χ0n) is 10.1. The van der Waals surface area contributed by atoms with Crippen molar-refractivity contribution in [2.75, 3.05) is 0 Å². The summed E-state index contributed by atoms with van der Waals surface area (Å²) in [5.74, 6) is 0. The van der Waals surface area contributed by atoms with Crippen LogP contribution in [-0.4, -0.2) is 12.1 Å². The van der Waals surface area contributed by atoms with Gasteiger partial charge in [-0.25, -0.2) is 0 Å². The molecule has 0 amide bonds. The maximum absolute atomic E-state index is 6.08. The molecule has 2 unspecified atom stereocenters. The van der Waals surface area contributed by atoms with Crippen LogP contribution in [-0.2, 0) is 4.74 Å². The fourth-order valence-corrected chi connectivity index (χ4v) is 1.71. The number of rotatable bonds is 5. The minimum atomic E-state index is -0.0535. The standard InChI is InChI=1S/C13H20ClNO/c1-4-12(15)13(16-9(2)3)10-5-7-11(14)8-6-10/h5-9,12-13H,4,15H2,1-3H3. The van der Waals surface area contributed by atoms with Crippen LogP contribution in [0.3, 0.4) is 0 Å². The lowest BCUT2D eigenvalue weighted by molar-refractivity contribution is -0.00897. The van der Waals surface area contributed by atoms with Crippen molar-refractivity contribution in [2.45, 2.75) is 45.4 Å². The molecule has 3 heteroatoms. The molecule has 0 heterocycles. The van der Waals surface area contributed by atoms with Crippen molar-refractivity contribution in [1.82, 2.24) is 0 Å². The molecule has 0 saturated carbocycles. The van der Waals surface area contributed by atoms with Crippen LogP contribution in [0.5, 0.6) is 0 Å². The van der Waals surface area contributed by atoms with Crippen LogP contribution >= 0.6 is 11.6 Å². The van der Waals surface area contributed by atoms with Gasteiger partial charge in [0.05, 0.1) is 12.2 Å². The van der Waals surface area contributed by atoms with E-state index in [9.17, 15) is 0 Å². The topological polar surface area (TPSA) is 35.2 Å². The number of hydrogen-bond acceptors (Lipinski definition) is 2. The van der Waals surface area contributed by atoms with Gasteiger partial charge >= 0.3 is 0 Å². The van der Waals surface area contributed by atoms with Gasteiger partial charge in [-0.05, 0) is 38.0 Å². The second-order valence-electron chi connectivity index (χ2n) is 4.23. The van der Waals surface area contributed by atoms with E-state index in [1.54, 1.807) is 0 Å². The van der Waals surface area contributed by atoms with Crippen LogP contribution in [0.4, 0.5) is 0 Å². The summed E-state index contributed by atoms with van der Waals surface area (Å²) in [5, 5.41) is 0.733. The zero-order chi connectivity index (χ0) is 12.1. The molecule has 0 saturated heterocycles. The molecular formula is C13H20ClNO. The van der Waals surface area contributed by atoms with E-state index in [2.05, 4.69) is 6.92 Å². The Bertz CT molecular complexity index is 310. The molecule has 1 aromatic carbocycles. The summed E-state index contributed by atoms with van der Waals surface area (Å²) in [6.07, 6.45) is 1.00. The number of hydrogen-bond donors (Lipinski definition) is 1. The predicted octanol–water partition coefficient (Wildman–Crippen LogP) is 3.54. The van der Waals surface area contributed by atoms with E-state index in [0.29, 0.717) is 0 Å². The lowest BCUT2D eigenvalue weighted by atomic mass is 10.0. The highest BCUT2D eigenvalue weighted by Crippen LogP contribution is 2.24. The maximum atomic E-state index is 6.08. The molecule has 2 atom stereocenters. The van der Waals surface area contributed by atoms with Crippen molar-refractivity contribution in [1.29, 1.82) is 0 Å². The molecule has 2 N–H and O–H groups in total. The van der Waals surface area contributed by atoms with Gasteiger partial charge in [0.15, 0.2) is 0 Å². The van der Waals surface area contributed by atoms with Crippen molar-refractivity contribution < 1.29 is 4.74 Å². The highest BCUT2D eigenvalue weighted by molar-refractivity contribution is 6.30. The number of nitrogens with two attached hydrogens (primary N) is 1. The first-order valence-corrected chi connectivity index (χ1v) is 6.09. The molecule has 1 rings (SSSR count). The predicted molar refractivity (Wildman–Crippen MR) is 68.7 cm³/mol. The normalized spacial score (nSPS) is 15.1. The molecule has 0 aliphatic heterocycles. The molecule has 0 aliphatic carbocycles. The van der Waals surface area contributed by atoms with Crippen molar-refractivity contribution >= 4 is 11.6 Å². The highest BCUT2D eigenvalue weighted by Gasteiger charge is 2.20. The quantitative estimate of drug-likeness (QED) is 0.856. The van der Waals surface area contributed by atoms with Gasteiger partial charge in [0.25, 0.3) is 0 Å². The SMILES string of the molecule is CCC(N)C(OC(C)C)c1ccc(Cl)cc1. The lowest BCUT2D eigenvalue weighted by Crippen LogP contribution is -2.31. The van der Waals surface area contributed by atoms with Crippen molar-refractivity contribution in [2.24, 2.45) is 5.73 Å². The third-order valence-electron chi connectivity index (χ3n) is 2.48. The van der Waals surface area contributed by atoms with Crippen LogP contribution in [0.25, 0.3) is 0 Å². The highest BCUT2D eigenvalue weighted by atomic mass is 35.5. The fourth-order valence-electron chi connectivity index (χ4n) is 1.59. The molecule has 2 nitrogen and oxygen atoms in total.